The molecule has 3 aliphatic heterocycles. The Morgan fingerprint density at radius 3 is 1.64 bits per heavy atom. The molecule has 314 valence electrons. The van der Waals surface area contributed by atoms with Crippen LogP contribution in [0.25, 0.3) is 28.0 Å². The molecule has 15 nitrogen and oxygen atoms in total. The molecule has 3 aromatic rings. The summed E-state index contributed by atoms with van der Waals surface area (Å²) < 4.78 is 57.8. The Balaban J connectivity index is 1.08. The van der Waals surface area contributed by atoms with Crippen LogP contribution in [-0.2, 0) is 30.0 Å². The van der Waals surface area contributed by atoms with E-state index in [-0.39, 0.29) is 35.7 Å². The number of hydrogen-bond donors (Lipinski definition) is 3. The van der Waals surface area contributed by atoms with Gasteiger partial charge in [0.05, 0.1) is 24.0 Å². The van der Waals surface area contributed by atoms with Gasteiger partial charge in [0.1, 0.15) is 17.9 Å². The number of nitrogens with one attached hydrogen (secondary N) is 3. The zero-order valence-corrected chi connectivity index (χ0v) is 36.3. The number of imidazole rings is 1. The topological polar surface area (TPSA) is 180 Å². The van der Waals surface area contributed by atoms with E-state index in [0.717, 1.165) is 73.5 Å². The Morgan fingerprint density at radius 1 is 0.707 bits per heavy atom. The van der Waals surface area contributed by atoms with Gasteiger partial charge in [-0.1, -0.05) is 76.2 Å². The van der Waals surface area contributed by atoms with E-state index in [1.807, 2.05) is 46.0 Å². The van der Waals surface area contributed by atoms with Crippen molar-refractivity contribution in [3.8, 4) is 22.4 Å². The van der Waals surface area contributed by atoms with Crippen molar-refractivity contribution in [2.24, 2.45) is 16.8 Å². The maximum atomic E-state index is 13.7. The largest absolute Gasteiger partial charge is 0.340 e. The van der Waals surface area contributed by atoms with Gasteiger partial charge in [-0.15, -0.1) is 0 Å². The second kappa shape index (κ2) is 17.5. The SMILES string of the molecule is CC(C)[C@H](NS(=O)(=O)N(C)C)C(=O)N1CCCC1c1ncc(-c2ccc(-c3ccc(C4=CN=C([C@@H]5CCCN5C(=O)[C@@H](NS(=O)(=O)N(C)C)C(C)C)C4)cc3)cc2)[nH]1. The zero-order chi connectivity index (χ0) is 42.1. The highest BCUT2D eigenvalue weighted by molar-refractivity contribution is 7.87. The molecule has 2 aromatic carbocycles. The molecule has 2 saturated heterocycles. The van der Waals surface area contributed by atoms with Crippen LogP contribution in [0, 0.1) is 11.8 Å². The maximum Gasteiger partial charge on any atom is 0.279 e. The lowest BCUT2D eigenvalue weighted by Crippen LogP contribution is -2.55. The van der Waals surface area contributed by atoms with Crippen LogP contribution < -0.4 is 9.44 Å². The van der Waals surface area contributed by atoms with E-state index in [0.29, 0.717) is 25.3 Å². The average Bonchev–Trinajstić information content (AvgIpc) is 4.02. The summed E-state index contributed by atoms with van der Waals surface area (Å²) in [6, 6.07) is 14.3. The fourth-order valence-corrected chi connectivity index (χ4v) is 9.53. The van der Waals surface area contributed by atoms with Crippen LogP contribution in [0.4, 0.5) is 0 Å². The molecule has 4 atom stereocenters. The van der Waals surface area contributed by atoms with Crippen molar-refractivity contribution in [2.45, 2.75) is 84.0 Å². The first kappa shape index (κ1) is 43.3. The molecular weight excluding hydrogens is 779 g/mol. The van der Waals surface area contributed by atoms with Gasteiger partial charge in [-0.25, -0.2) is 4.98 Å². The summed E-state index contributed by atoms with van der Waals surface area (Å²) in [5, 5.41) is 0. The number of H-pyrrole nitrogens is 1. The highest BCUT2D eigenvalue weighted by Gasteiger charge is 2.40. The molecular formula is C41H57N9O6S2. The minimum atomic E-state index is -3.80. The zero-order valence-electron chi connectivity index (χ0n) is 34.6. The van der Waals surface area contributed by atoms with Gasteiger partial charge in [-0.2, -0.15) is 34.9 Å². The van der Waals surface area contributed by atoms with Gasteiger partial charge in [0, 0.05) is 59.6 Å². The summed E-state index contributed by atoms with van der Waals surface area (Å²) in [6.07, 6.45) is 7.40. The van der Waals surface area contributed by atoms with Gasteiger partial charge in [0.25, 0.3) is 20.4 Å². The number of benzene rings is 2. The molecule has 1 aromatic heterocycles. The Bertz CT molecular complexity index is 2250. The summed E-state index contributed by atoms with van der Waals surface area (Å²) in [6.45, 7) is 8.43. The Hall–Kier alpha value is -4.26. The van der Waals surface area contributed by atoms with Gasteiger partial charge in [-0.05, 0) is 65.3 Å². The smallest absolute Gasteiger partial charge is 0.279 e. The Labute approximate surface area is 343 Å². The molecule has 3 aliphatic rings. The summed E-state index contributed by atoms with van der Waals surface area (Å²) >= 11 is 0. The van der Waals surface area contributed by atoms with Crippen molar-refractivity contribution in [2.75, 3.05) is 41.3 Å². The van der Waals surface area contributed by atoms with Gasteiger partial charge < -0.3 is 14.8 Å². The Kier molecular flexibility index (Phi) is 13.1. The monoisotopic (exact) mass is 835 g/mol. The minimum absolute atomic E-state index is 0.177. The van der Waals surface area contributed by atoms with Crippen molar-refractivity contribution in [3.63, 3.8) is 0 Å². The number of carbonyl (C=O) groups is 2. The van der Waals surface area contributed by atoms with Crippen LogP contribution >= 0.6 is 0 Å². The van der Waals surface area contributed by atoms with Crippen LogP contribution in [0.5, 0.6) is 0 Å². The van der Waals surface area contributed by atoms with E-state index in [1.165, 1.54) is 28.2 Å². The van der Waals surface area contributed by atoms with Crippen molar-refractivity contribution >= 4 is 43.5 Å². The third-order valence-corrected chi connectivity index (χ3v) is 14.3. The fourth-order valence-electron chi connectivity index (χ4n) is 7.72. The first-order valence-electron chi connectivity index (χ1n) is 19.9. The van der Waals surface area contributed by atoms with Crippen LogP contribution in [0.1, 0.15) is 77.2 Å². The lowest BCUT2D eigenvalue weighted by atomic mass is 9.96. The molecule has 0 spiro atoms. The number of aromatic amines is 1. The fraction of sp³-hybridized carbons (Fsp3) is 0.512. The second-order valence-electron chi connectivity index (χ2n) is 16.4. The minimum Gasteiger partial charge on any atom is -0.340 e. The lowest BCUT2D eigenvalue weighted by Gasteiger charge is -2.31. The van der Waals surface area contributed by atoms with Gasteiger partial charge >= 0.3 is 0 Å². The average molecular weight is 836 g/mol. The molecule has 17 heteroatoms. The van der Waals surface area contributed by atoms with Crippen molar-refractivity contribution in [1.82, 2.24) is 37.8 Å². The number of rotatable bonds is 15. The highest BCUT2D eigenvalue weighted by Crippen LogP contribution is 2.35. The van der Waals surface area contributed by atoms with Crippen molar-refractivity contribution in [1.29, 1.82) is 0 Å². The third-order valence-electron chi connectivity index (χ3n) is 11.3. The molecule has 58 heavy (non-hydrogen) atoms. The predicted molar refractivity (Wildman–Crippen MR) is 227 cm³/mol. The quantitative estimate of drug-likeness (QED) is 0.203. The molecule has 2 fully saturated rings. The van der Waals surface area contributed by atoms with Crippen LogP contribution in [0.3, 0.4) is 0 Å². The van der Waals surface area contributed by atoms with E-state index in [9.17, 15) is 26.4 Å². The summed E-state index contributed by atoms with van der Waals surface area (Å²) in [7, 11) is -1.84. The number of aliphatic imine (C=N–C) groups is 1. The molecule has 1 unspecified atom stereocenters. The number of allylic oxidation sites excluding steroid dienone is 1. The molecule has 0 radical (unpaired) electrons. The Morgan fingerprint density at radius 2 is 1.16 bits per heavy atom. The van der Waals surface area contributed by atoms with Crippen LogP contribution in [-0.4, -0.2) is 122 Å². The first-order valence-corrected chi connectivity index (χ1v) is 22.8. The maximum absolute atomic E-state index is 13.7. The normalized spacial score (nSPS) is 20.1. The molecule has 4 heterocycles. The van der Waals surface area contributed by atoms with E-state index in [4.69, 9.17) is 4.99 Å². The van der Waals surface area contributed by atoms with Gasteiger partial charge in [0.2, 0.25) is 11.8 Å². The van der Waals surface area contributed by atoms with Gasteiger partial charge in [0.15, 0.2) is 0 Å². The molecule has 0 bridgehead atoms. The molecule has 6 rings (SSSR count). The highest BCUT2D eigenvalue weighted by atomic mass is 32.2. The van der Waals surface area contributed by atoms with Crippen molar-refractivity contribution in [3.05, 3.63) is 72.3 Å². The molecule has 3 N–H and O–H groups in total. The van der Waals surface area contributed by atoms with Gasteiger partial charge in [-0.3, -0.25) is 14.6 Å². The van der Waals surface area contributed by atoms with Crippen LogP contribution in [0.15, 0.2) is 65.9 Å². The first-order chi connectivity index (χ1) is 27.4. The van der Waals surface area contributed by atoms with E-state index >= 15 is 0 Å². The van der Waals surface area contributed by atoms with Crippen molar-refractivity contribution < 1.29 is 26.4 Å². The third kappa shape index (κ3) is 9.29. The molecule has 0 saturated carbocycles. The van der Waals surface area contributed by atoms with E-state index in [1.54, 1.807) is 16.0 Å². The van der Waals surface area contributed by atoms with Crippen LogP contribution in [0.2, 0.25) is 0 Å². The number of amides is 2. The lowest BCUT2D eigenvalue weighted by molar-refractivity contribution is -0.135. The summed E-state index contributed by atoms with van der Waals surface area (Å²) in [4.78, 5) is 43.8. The van der Waals surface area contributed by atoms with E-state index in [2.05, 4.69) is 55.8 Å². The predicted octanol–water partition coefficient (Wildman–Crippen LogP) is 4.43. The number of nitrogens with zero attached hydrogens (tertiary/aromatic N) is 6. The number of likely N-dealkylation sites (tertiary alicyclic amines) is 2. The number of hydrogen-bond acceptors (Lipinski definition) is 8. The summed E-state index contributed by atoms with van der Waals surface area (Å²) in [5.41, 5.74) is 6.90. The second-order valence-corrected chi connectivity index (χ2v) is 20.3. The molecule has 0 aliphatic carbocycles. The molecule has 2 amide bonds. The number of carbonyl (C=O) groups excluding carboxylic acids is 2. The standard InChI is InChI=1S/C41H57N9O6S2/c1-26(2)37(45-57(53,54)47(5)6)40(51)49-21-9-11-35(49)33-23-32(24-42-33)30-15-13-28(14-16-30)29-17-19-31(20-18-29)34-25-43-39(44-34)36-12-10-22-50(36)41(52)38(27(3)4)46-58(55,56)48(7)8/h13-20,24-27,35-38,45-46H,9-12,21-23H2,1-8H3,(H,43,44)/t35-,36?,37-,38-/m0/s1. The van der Waals surface area contributed by atoms with E-state index < -0.39 is 32.5 Å². The number of aromatic nitrogens is 2. The summed E-state index contributed by atoms with van der Waals surface area (Å²) in [5.74, 6) is -0.282.